The minimum Gasteiger partial charge on any atom is -0.258 e. The summed E-state index contributed by atoms with van der Waals surface area (Å²) in [6.07, 6.45) is 0. The van der Waals surface area contributed by atoms with Crippen LogP contribution in [0, 0.1) is 10.1 Å². The summed E-state index contributed by atoms with van der Waals surface area (Å²) in [7, 11) is 0. The molecule has 1 aromatic heterocycles. The Morgan fingerprint density at radius 2 is 1.79 bits per heavy atom. The van der Waals surface area contributed by atoms with Crippen molar-refractivity contribution in [1.82, 2.24) is 4.58 Å². The zero-order chi connectivity index (χ0) is 13.8. The normalized spacial score (nSPS) is 10.4. The second-order valence-electron chi connectivity index (χ2n) is 3.94. The lowest BCUT2D eigenvalue weighted by Crippen LogP contribution is -2.25. The molecule has 100 valence electrons. The second kappa shape index (κ2) is 6.08. The van der Waals surface area contributed by atoms with Gasteiger partial charge in [0.1, 0.15) is 13.1 Å². The molecule has 0 amide bonds. The fourth-order valence-electron chi connectivity index (χ4n) is 1.74. The van der Waals surface area contributed by atoms with Crippen LogP contribution in [0.15, 0.2) is 29.6 Å². The number of rotatable bonds is 4. The summed E-state index contributed by atoms with van der Waals surface area (Å²) in [5.41, 5.74) is 1.17. The lowest BCUT2D eigenvalue weighted by molar-refractivity contribution is -0.384. The van der Waals surface area contributed by atoms with Gasteiger partial charge in [0.2, 0.25) is 0 Å². The summed E-state index contributed by atoms with van der Waals surface area (Å²) in [5.74, 6) is 0. The predicted octanol–water partition coefficient (Wildman–Crippen LogP) is 3.20. The molecule has 0 bridgehead atoms. The van der Waals surface area contributed by atoms with Gasteiger partial charge in [-0.25, -0.2) is 4.58 Å². The van der Waals surface area contributed by atoms with Gasteiger partial charge in [0.25, 0.3) is 5.69 Å². The molecule has 0 saturated carbocycles. The van der Waals surface area contributed by atoms with Gasteiger partial charge >= 0.3 is 3.98 Å². The number of hydrogen-bond donors (Lipinski definition) is 0. The molecule has 2 rings (SSSR count). The molecule has 0 aliphatic heterocycles. The van der Waals surface area contributed by atoms with Gasteiger partial charge in [-0.2, -0.15) is 0 Å². The number of non-ortho nitro benzene ring substituents is 1. The van der Waals surface area contributed by atoms with Crippen LogP contribution < -0.4 is 8.56 Å². The molecule has 0 saturated heterocycles. The average molecular weight is 295 g/mol. The van der Waals surface area contributed by atoms with E-state index in [1.165, 1.54) is 3.98 Å². The molecule has 1 heterocycles. The van der Waals surface area contributed by atoms with Crippen LogP contribution in [0.5, 0.6) is 0 Å². The Morgan fingerprint density at radius 1 is 1.16 bits per heavy atom. The largest absolute Gasteiger partial charge is 0.314 e. The number of nitrogens with zero attached hydrogens (tertiary/aromatic N) is 2. The van der Waals surface area contributed by atoms with Crippen LogP contribution in [0.2, 0.25) is 0 Å². The summed E-state index contributed by atoms with van der Waals surface area (Å²) in [6.45, 7) is 6.27. The van der Waals surface area contributed by atoms with E-state index in [1.54, 1.807) is 34.8 Å². The highest BCUT2D eigenvalue weighted by Gasteiger charge is 2.09. The van der Waals surface area contributed by atoms with E-state index in [2.05, 4.69) is 23.8 Å². The lowest BCUT2D eigenvalue weighted by atomic mass is 10.2. The summed E-state index contributed by atoms with van der Waals surface area (Å²) < 4.78 is 3.59. The van der Waals surface area contributed by atoms with Crippen molar-refractivity contribution in [2.75, 3.05) is 13.1 Å². The van der Waals surface area contributed by atoms with E-state index >= 15 is 0 Å². The highest BCUT2D eigenvalue weighted by Crippen LogP contribution is 2.25. The van der Waals surface area contributed by atoms with Crippen molar-refractivity contribution >= 4 is 28.4 Å². The van der Waals surface area contributed by atoms with Crippen molar-refractivity contribution in [3.05, 3.63) is 43.7 Å². The molecule has 0 fully saturated rings. The molecule has 0 atom stereocenters. The zero-order valence-corrected chi connectivity index (χ0v) is 12.5. The predicted molar refractivity (Wildman–Crippen MR) is 80.6 cm³/mol. The van der Waals surface area contributed by atoms with Crippen LogP contribution in [0.1, 0.15) is 13.8 Å². The fraction of sp³-hybridized carbons (Fsp3) is 0.308. The van der Waals surface area contributed by atoms with Crippen LogP contribution in [0.25, 0.3) is 10.4 Å². The third-order valence-corrected chi connectivity index (χ3v) is 5.36. The van der Waals surface area contributed by atoms with Gasteiger partial charge < -0.3 is 0 Å². The SMILES string of the molecule is CC[N+](CC)=c1scc(-c2ccc([N+](=O)[O-])cc2)s1. The Bertz CT molecular complexity index is 635. The molecule has 0 spiro atoms. The first-order chi connectivity index (χ1) is 9.15. The van der Waals surface area contributed by atoms with Gasteiger partial charge in [-0.1, -0.05) is 22.7 Å². The Hall–Kier alpha value is -1.53. The second-order valence-corrected chi connectivity index (χ2v) is 6.09. The van der Waals surface area contributed by atoms with Crippen LogP contribution in [0.3, 0.4) is 0 Å². The number of benzene rings is 1. The van der Waals surface area contributed by atoms with Gasteiger partial charge in [-0.05, 0) is 31.5 Å². The van der Waals surface area contributed by atoms with E-state index in [0.717, 1.165) is 23.5 Å². The van der Waals surface area contributed by atoms with E-state index in [1.807, 2.05) is 12.1 Å². The summed E-state index contributed by atoms with van der Waals surface area (Å²) in [6, 6.07) is 6.72. The number of hydrogen-bond acceptors (Lipinski definition) is 4. The fourth-order valence-corrected chi connectivity index (χ4v) is 4.26. The van der Waals surface area contributed by atoms with Crippen molar-refractivity contribution in [1.29, 1.82) is 0 Å². The molecule has 0 unspecified atom stereocenters. The number of nitro groups is 1. The number of nitro benzene ring substituents is 1. The molecule has 0 N–H and O–H groups in total. The van der Waals surface area contributed by atoms with E-state index in [0.29, 0.717) is 0 Å². The van der Waals surface area contributed by atoms with Crippen molar-refractivity contribution in [2.45, 2.75) is 13.8 Å². The molecule has 2 aromatic rings. The monoisotopic (exact) mass is 295 g/mol. The molecule has 0 aliphatic carbocycles. The molecular weight excluding hydrogens is 280 g/mol. The topological polar surface area (TPSA) is 46.1 Å². The van der Waals surface area contributed by atoms with E-state index in [9.17, 15) is 10.1 Å². The summed E-state index contributed by atoms with van der Waals surface area (Å²) >= 11 is 3.45. The summed E-state index contributed by atoms with van der Waals surface area (Å²) in [4.78, 5) is 11.4. The Balaban J connectivity index is 2.38. The average Bonchev–Trinajstić information content (AvgIpc) is 2.90. The van der Waals surface area contributed by atoms with Crippen molar-refractivity contribution in [3.63, 3.8) is 0 Å². The van der Waals surface area contributed by atoms with Gasteiger partial charge in [0.15, 0.2) is 0 Å². The van der Waals surface area contributed by atoms with E-state index < -0.39 is 0 Å². The third kappa shape index (κ3) is 3.08. The summed E-state index contributed by atoms with van der Waals surface area (Å²) in [5, 5.41) is 12.7. The Kier molecular flexibility index (Phi) is 4.44. The maximum Gasteiger partial charge on any atom is 0.314 e. The van der Waals surface area contributed by atoms with E-state index in [4.69, 9.17) is 0 Å². The van der Waals surface area contributed by atoms with Crippen LogP contribution >= 0.6 is 22.7 Å². The molecule has 4 nitrogen and oxygen atoms in total. The third-order valence-electron chi connectivity index (χ3n) is 2.85. The maximum absolute atomic E-state index is 10.6. The standard InChI is InChI=1S/C13H15N2O2S2/c1-3-14(4-2)13-18-9-12(19-13)10-5-7-11(8-6-10)15(16)17/h5-9H,3-4H2,1-2H3/q+1. The van der Waals surface area contributed by atoms with Crippen molar-refractivity contribution < 1.29 is 4.92 Å². The molecule has 6 heteroatoms. The minimum atomic E-state index is -0.373. The highest BCUT2D eigenvalue weighted by molar-refractivity contribution is 7.28. The Morgan fingerprint density at radius 3 is 2.32 bits per heavy atom. The van der Waals surface area contributed by atoms with Crippen molar-refractivity contribution in [3.8, 4) is 10.4 Å². The van der Waals surface area contributed by atoms with Crippen LogP contribution in [-0.2, 0) is 0 Å². The first-order valence-electron chi connectivity index (χ1n) is 6.07. The first-order valence-corrected chi connectivity index (χ1v) is 7.76. The molecular formula is C13H15N2O2S2+. The molecule has 1 aromatic carbocycles. The zero-order valence-electron chi connectivity index (χ0n) is 10.8. The molecule has 0 aliphatic rings. The minimum absolute atomic E-state index is 0.132. The lowest BCUT2D eigenvalue weighted by Gasteiger charge is -1.95. The first kappa shape index (κ1) is 13.9. The molecule has 0 radical (unpaired) electrons. The maximum atomic E-state index is 10.6. The highest BCUT2D eigenvalue weighted by atomic mass is 32.2. The van der Waals surface area contributed by atoms with Gasteiger partial charge in [0, 0.05) is 17.5 Å². The van der Waals surface area contributed by atoms with Crippen molar-refractivity contribution in [2.24, 2.45) is 0 Å². The van der Waals surface area contributed by atoms with E-state index in [-0.39, 0.29) is 10.6 Å². The molecule has 19 heavy (non-hydrogen) atoms. The van der Waals surface area contributed by atoms with Gasteiger partial charge in [-0.3, -0.25) is 10.1 Å². The van der Waals surface area contributed by atoms with Crippen LogP contribution in [0.4, 0.5) is 5.69 Å². The van der Waals surface area contributed by atoms with Crippen LogP contribution in [-0.4, -0.2) is 18.0 Å². The quantitative estimate of drug-likeness (QED) is 0.494. The Labute approximate surface area is 119 Å². The smallest absolute Gasteiger partial charge is 0.258 e. The van der Waals surface area contributed by atoms with Gasteiger partial charge in [-0.15, -0.1) is 0 Å². The van der Waals surface area contributed by atoms with Gasteiger partial charge in [0.05, 0.1) is 9.80 Å².